The van der Waals surface area contributed by atoms with Gasteiger partial charge < -0.3 is 15.0 Å². The lowest BCUT2D eigenvalue weighted by molar-refractivity contribution is 0.0253. The minimum atomic E-state index is 0.420. The van der Waals surface area contributed by atoms with E-state index in [1.54, 1.807) is 0 Å². The molecule has 2 unspecified atom stereocenters. The molecule has 0 spiro atoms. The van der Waals surface area contributed by atoms with E-state index in [1.807, 2.05) is 6.07 Å². The van der Waals surface area contributed by atoms with Gasteiger partial charge in [-0.15, -0.1) is 0 Å². The molecule has 0 bridgehead atoms. The van der Waals surface area contributed by atoms with Gasteiger partial charge in [0, 0.05) is 13.1 Å². The highest BCUT2D eigenvalue weighted by atomic mass is 16.5. The maximum atomic E-state index is 5.85. The van der Waals surface area contributed by atoms with Gasteiger partial charge in [-0.05, 0) is 38.3 Å². The molecule has 2 heterocycles. The van der Waals surface area contributed by atoms with Crippen LogP contribution in [-0.2, 0) is 4.74 Å². The molecule has 1 aromatic heterocycles. The molecule has 1 aromatic rings. The maximum Gasteiger partial charge on any atom is 0.131 e. The van der Waals surface area contributed by atoms with Crippen molar-refractivity contribution in [2.24, 2.45) is 0 Å². The summed E-state index contributed by atoms with van der Waals surface area (Å²) < 4.78 is 5.85. The number of morpholine rings is 1. The topological polar surface area (TPSA) is 37.4 Å². The summed E-state index contributed by atoms with van der Waals surface area (Å²) in [5.74, 6) is 2.06. The minimum Gasteiger partial charge on any atom is -0.374 e. The third-order valence-corrected chi connectivity index (χ3v) is 3.87. The molecule has 4 heteroatoms. The van der Waals surface area contributed by atoms with Gasteiger partial charge in [0.15, 0.2) is 0 Å². The van der Waals surface area contributed by atoms with Crippen molar-refractivity contribution < 1.29 is 4.74 Å². The van der Waals surface area contributed by atoms with Crippen LogP contribution in [0.4, 0.5) is 11.6 Å². The molecular weight excluding hydrogens is 226 g/mol. The summed E-state index contributed by atoms with van der Waals surface area (Å²) in [7, 11) is 0. The number of aromatic nitrogens is 1. The average molecular weight is 247 g/mol. The molecule has 98 valence electrons. The number of anilines is 2. The highest BCUT2D eigenvalue weighted by Crippen LogP contribution is 2.32. The van der Waals surface area contributed by atoms with Gasteiger partial charge in [-0.25, -0.2) is 4.98 Å². The SMILES string of the molecule is CCNc1cccc(N2CCOC3CCCC32)n1. The quantitative estimate of drug-likeness (QED) is 0.889. The Balaban J connectivity index is 1.82. The van der Waals surface area contributed by atoms with Crippen LogP contribution in [0, 0.1) is 0 Å². The zero-order chi connectivity index (χ0) is 12.4. The summed E-state index contributed by atoms with van der Waals surface area (Å²) in [6, 6.07) is 6.75. The van der Waals surface area contributed by atoms with Crippen molar-refractivity contribution in [3.05, 3.63) is 18.2 Å². The molecular formula is C14H21N3O. The van der Waals surface area contributed by atoms with Crippen molar-refractivity contribution in [3.63, 3.8) is 0 Å². The summed E-state index contributed by atoms with van der Waals surface area (Å²) in [4.78, 5) is 7.14. The summed E-state index contributed by atoms with van der Waals surface area (Å²) >= 11 is 0. The molecule has 2 fully saturated rings. The smallest absolute Gasteiger partial charge is 0.131 e. The van der Waals surface area contributed by atoms with E-state index in [9.17, 15) is 0 Å². The van der Waals surface area contributed by atoms with Gasteiger partial charge in [-0.1, -0.05) is 6.07 Å². The third-order valence-electron chi connectivity index (χ3n) is 3.87. The van der Waals surface area contributed by atoms with Gasteiger partial charge in [-0.3, -0.25) is 0 Å². The Morgan fingerprint density at radius 1 is 1.44 bits per heavy atom. The fourth-order valence-electron chi connectivity index (χ4n) is 3.07. The molecule has 1 N–H and O–H groups in total. The standard InChI is InChI=1S/C14H21N3O/c1-2-15-13-7-4-8-14(16-13)17-9-10-18-12-6-3-5-11(12)17/h4,7-8,11-12H,2-3,5-6,9-10H2,1H3,(H,15,16). The van der Waals surface area contributed by atoms with E-state index in [-0.39, 0.29) is 0 Å². The number of rotatable bonds is 3. The van der Waals surface area contributed by atoms with Gasteiger partial charge in [0.1, 0.15) is 11.6 Å². The number of hydrogen-bond donors (Lipinski definition) is 1. The molecule has 2 aliphatic rings. The van der Waals surface area contributed by atoms with Gasteiger partial charge >= 0.3 is 0 Å². The molecule has 1 saturated heterocycles. The lowest BCUT2D eigenvalue weighted by atomic mass is 10.1. The fraction of sp³-hybridized carbons (Fsp3) is 0.643. The van der Waals surface area contributed by atoms with Crippen LogP contribution in [0.1, 0.15) is 26.2 Å². The van der Waals surface area contributed by atoms with Crippen LogP contribution >= 0.6 is 0 Å². The maximum absolute atomic E-state index is 5.85. The lowest BCUT2D eigenvalue weighted by Gasteiger charge is -2.38. The Morgan fingerprint density at radius 2 is 2.39 bits per heavy atom. The fourth-order valence-corrected chi connectivity index (χ4v) is 3.07. The zero-order valence-corrected chi connectivity index (χ0v) is 10.9. The minimum absolute atomic E-state index is 0.420. The molecule has 4 nitrogen and oxygen atoms in total. The van der Waals surface area contributed by atoms with E-state index < -0.39 is 0 Å². The van der Waals surface area contributed by atoms with Crippen LogP contribution in [0.5, 0.6) is 0 Å². The van der Waals surface area contributed by atoms with E-state index in [1.165, 1.54) is 19.3 Å². The second-order valence-electron chi connectivity index (χ2n) is 5.01. The summed E-state index contributed by atoms with van der Waals surface area (Å²) in [6.45, 7) is 4.79. The lowest BCUT2D eigenvalue weighted by Crippen LogP contribution is -2.49. The Kier molecular flexibility index (Phi) is 3.37. The van der Waals surface area contributed by atoms with E-state index in [0.717, 1.165) is 31.3 Å². The van der Waals surface area contributed by atoms with E-state index in [4.69, 9.17) is 9.72 Å². The second kappa shape index (κ2) is 5.14. The van der Waals surface area contributed by atoms with Crippen molar-refractivity contribution in [3.8, 4) is 0 Å². The number of fused-ring (bicyclic) bond motifs is 1. The highest BCUT2D eigenvalue weighted by Gasteiger charge is 2.36. The van der Waals surface area contributed by atoms with Crippen molar-refractivity contribution >= 4 is 11.6 Å². The molecule has 1 saturated carbocycles. The third kappa shape index (κ3) is 2.17. The summed E-state index contributed by atoms with van der Waals surface area (Å²) in [5, 5.41) is 3.28. The number of nitrogens with zero attached hydrogens (tertiary/aromatic N) is 2. The molecule has 1 aliphatic carbocycles. The molecule has 3 rings (SSSR count). The number of pyridine rings is 1. The molecule has 2 atom stereocenters. The van der Waals surface area contributed by atoms with Gasteiger partial charge in [0.25, 0.3) is 0 Å². The first-order chi connectivity index (χ1) is 8.88. The molecule has 0 aromatic carbocycles. The van der Waals surface area contributed by atoms with E-state index in [0.29, 0.717) is 12.1 Å². The predicted octanol–water partition coefficient (Wildman–Crippen LogP) is 2.27. The van der Waals surface area contributed by atoms with Crippen LogP contribution in [0.25, 0.3) is 0 Å². The largest absolute Gasteiger partial charge is 0.374 e. The second-order valence-corrected chi connectivity index (χ2v) is 5.01. The number of hydrogen-bond acceptors (Lipinski definition) is 4. The first kappa shape index (κ1) is 11.8. The van der Waals surface area contributed by atoms with Gasteiger partial charge in [0.2, 0.25) is 0 Å². The van der Waals surface area contributed by atoms with E-state index >= 15 is 0 Å². The van der Waals surface area contributed by atoms with Crippen molar-refractivity contribution in [1.29, 1.82) is 0 Å². The van der Waals surface area contributed by atoms with Crippen molar-refractivity contribution in [2.75, 3.05) is 29.9 Å². The summed E-state index contributed by atoms with van der Waals surface area (Å²) in [5.41, 5.74) is 0. The number of ether oxygens (including phenoxy) is 1. The normalized spacial score (nSPS) is 27.1. The molecule has 0 radical (unpaired) electrons. The van der Waals surface area contributed by atoms with Crippen LogP contribution in [-0.4, -0.2) is 36.8 Å². The Labute approximate surface area is 108 Å². The molecule has 0 amide bonds. The monoisotopic (exact) mass is 247 g/mol. The Morgan fingerprint density at radius 3 is 3.28 bits per heavy atom. The van der Waals surface area contributed by atoms with E-state index in [2.05, 4.69) is 29.3 Å². The van der Waals surface area contributed by atoms with Crippen molar-refractivity contribution in [1.82, 2.24) is 4.98 Å². The first-order valence-corrected chi connectivity index (χ1v) is 6.97. The van der Waals surface area contributed by atoms with Crippen LogP contribution in [0.3, 0.4) is 0 Å². The van der Waals surface area contributed by atoms with Crippen LogP contribution in [0.15, 0.2) is 18.2 Å². The highest BCUT2D eigenvalue weighted by molar-refractivity contribution is 5.48. The average Bonchev–Trinajstić information content (AvgIpc) is 2.87. The van der Waals surface area contributed by atoms with Crippen molar-refractivity contribution in [2.45, 2.75) is 38.3 Å². The number of nitrogens with one attached hydrogen (secondary N) is 1. The van der Waals surface area contributed by atoms with Crippen LogP contribution < -0.4 is 10.2 Å². The van der Waals surface area contributed by atoms with Gasteiger partial charge in [-0.2, -0.15) is 0 Å². The van der Waals surface area contributed by atoms with Crippen LogP contribution in [0.2, 0.25) is 0 Å². The Hall–Kier alpha value is -1.29. The first-order valence-electron chi connectivity index (χ1n) is 6.97. The summed E-state index contributed by atoms with van der Waals surface area (Å²) in [6.07, 6.45) is 4.13. The molecule has 18 heavy (non-hydrogen) atoms. The predicted molar refractivity (Wildman–Crippen MR) is 73.1 cm³/mol. The Bertz CT molecular complexity index is 410. The zero-order valence-electron chi connectivity index (χ0n) is 10.9. The molecule has 1 aliphatic heterocycles. The van der Waals surface area contributed by atoms with Gasteiger partial charge in [0.05, 0.1) is 18.8 Å².